The molecule has 0 bridgehead atoms. The predicted molar refractivity (Wildman–Crippen MR) is 69.5 cm³/mol. The largest absolute Gasteiger partial charge is 0.434 e. The first kappa shape index (κ1) is 12.5. The topological polar surface area (TPSA) is 88.4 Å². The molecule has 1 fully saturated rings. The van der Waals surface area contributed by atoms with Crippen LogP contribution >= 0.6 is 0 Å². The van der Waals surface area contributed by atoms with E-state index in [0.717, 1.165) is 17.7 Å². The molecule has 1 aliphatic heterocycles. The van der Waals surface area contributed by atoms with E-state index in [9.17, 15) is 9.59 Å². The van der Waals surface area contributed by atoms with Gasteiger partial charge in [-0.05, 0) is 18.1 Å². The minimum Gasteiger partial charge on any atom is -0.434 e. The molecule has 1 saturated heterocycles. The van der Waals surface area contributed by atoms with Gasteiger partial charge in [0, 0.05) is 0 Å². The van der Waals surface area contributed by atoms with E-state index in [1.807, 2.05) is 31.2 Å². The molecule has 0 aliphatic carbocycles. The average Bonchev–Trinajstić information content (AvgIpc) is 3.05. The molecule has 2 aromatic rings. The van der Waals surface area contributed by atoms with Gasteiger partial charge >= 0.3 is 11.8 Å². The highest BCUT2D eigenvalue weighted by molar-refractivity contribution is 5.90. The molecule has 7 nitrogen and oxygen atoms in total. The molecule has 1 atom stereocenters. The molecule has 0 saturated carbocycles. The van der Waals surface area contributed by atoms with Crippen molar-refractivity contribution in [2.45, 2.75) is 19.4 Å². The van der Waals surface area contributed by atoms with E-state index < -0.39 is 18.0 Å². The van der Waals surface area contributed by atoms with Gasteiger partial charge < -0.3 is 9.15 Å². The number of aryl methyl sites for hydroxylation is 1. The lowest BCUT2D eigenvalue weighted by atomic mass is 10.1. The van der Waals surface area contributed by atoms with Crippen LogP contribution in [0.5, 0.6) is 0 Å². The second-order valence-corrected chi connectivity index (χ2v) is 4.42. The molecular weight excluding hydrogens is 262 g/mol. The van der Waals surface area contributed by atoms with Gasteiger partial charge in [0.25, 0.3) is 5.89 Å². The highest BCUT2D eigenvalue weighted by Crippen LogP contribution is 2.31. The van der Waals surface area contributed by atoms with Crippen LogP contribution in [0.2, 0.25) is 0 Å². The molecule has 1 amide bonds. The van der Waals surface area contributed by atoms with Gasteiger partial charge in [0.15, 0.2) is 6.10 Å². The number of nitrogens with one attached hydrogen (secondary N) is 1. The fourth-order valence-corrected chi connectivity index (χ4v) is 2.24. The summed E-state index contributed by atoms with van der Waals surface area (Å²) < 4.78 is 10.0. The van der Waals surface area contributed by atoms with E-state index in [4.69, 9.17) is 9.15 Å². The third-order valence-corrected chi connectivity index (χ3v) is 3.21. The molecule has 20 heavy (non-hydrogen) atoms. The number of aromatic amines is 1. The number of amides is 1. The van der Waals surface area contributed by atoms with Crippen LogP contribution in [0.4, 0.5) is 10.5 Å². The van der Waals surface area contributed by atoms with Crippen molar-refractivity contribution in [2.24, 2.45) is 0 Å². The summed E-state index contributed by atoms with van der Waals surface area (Å²) in [5, 5.41) is 5.85. The number of H-pyrrole nitrogens is 1. The number of hydrogen-bond acceptors (Lipinski definition) is 5. The maximum absolute atomic E-state index is 12.0. The quantitative estimate of drug-likeness (QED) is 0.919. The Kier molecular flexibility index (Phi) is 3.02. The first-order chi connectivity index (χ1) is 9.69. The molecule has 1 aliphatic rings. The normalized spacial score (nSPS) is 18.4. The Balaban J connectivity index is 1.89. The van der Waals surface area contributed by atoms with Crippen molar-refractivity contribution in [3.8, 4) is 0 Å². The van der Waals surface area contributed by atoms with Gasteiger partial charge in [0.2, 0.25) is 0 Å². The molecule has 3 rings (SSSR count). The number of rotatable bonds is 3. The predicted octanol–water partition coefficient (Wildman–Crippen LogP) is 1.62. The maximum atomic E-state index is 12.0. The Hall–Kier alpha value is -2.57. The number of para-hydroxylation sites is 1. The minimum atomic E-state index is -0.675. The number of carbonyl (C=O) groups excluding carboxylic acids is 1. The molecule has 2 heterocycles. The number of hydrogen-bond donors (Lipinski definition) is 1. The van der Waals surface area contributed by atoms with Crippen molar-refractivity contribution in [1.29, 1.82) is 0 Å². The third kappa shape index (κ3) is 2.07. The molecule has 0 spiro atoms. The zero-order chi connectivity index (χ0) is 14.1. The van der Waals surface area contributed by atoms with Crippen LogP contribution < -0.4 is 10.7 Å². The molecule has 7 heteroatoms. The molecule has 1 N–H and O–H groups in total. The fraction of sp³-hybridized carbons (Fsp3) is 0.308. The van der Waals surface area contributed by atoms with Gasteiger partial charge in [0.05, 0.1) is 12.2 Å². The highest BCUT2D eigenvalue weighted by atomic mass is 16.6. The van der Waals surface area contributed by atoms with Gasteiger partial charge in [-0.1, -0.05) is 25.1 Å². The second-order valence-electron chi connectivity index (χ2n) is 4.42. The number of cyclic esters (lactones) is 1. The van der Waals surface area contributed by atoms with E-state index in [-0.39, 0.29) is 12.4 Å². The lowest BCUT2D eigenvalue weighted by Gasteiger charge is -2.16. The number of aromatic nitrogens is 2. The number of ether oxygens (including phenoxy) is 1. The lowest BCUT2D eigenvalue weighted by Crippen LogP contribution is -2.24. The van der Waals surface area contributed by atoms with Crippen molar-refractivity contribution in [3.63, 3.8) is 0 Å². The van der Waals surface area contributed by atoms with Gasteiger partial charge in [-0.2, -0.15) is 0 Å². The van der Waals surface area contributed by atoms with Crippen LogP contribution in [0, 0.1) is 0 Å². The molecule has 0 radical (unpaired) electrons. The summed E-state index contributed by atoms with van der Waals surface area (Å²) in [6.45, 7) is 2.29. The number of anilines is 1. The SMILES string of the molecule is CCc1ccccc1N1CC(c2n[nH]c(=O)o2)OC1=O. The number of carbonyl (C=O) groups is 1. The standard InChI is InChI=1S/C13H13N3O4/c1-2-8-5-3-4-6-9(8)16-7-10(19-13(16)18)11-14-15-12(17)20-11/h3-6,10H,2,7H2,1H3,(H,15,17). The van der Waals surface area contributed by atoms with Gasteiger partial charge in [0.1, 0.15) is 0 Å². The Morgan fingerprint density at radius 3 is 2.90 bits per heavy atom. The first-order valence-corrected chi connectivity index (χ1v) is 6.30. The van der Waals surface area contributed by atoms with Crippen LogP contribution in [-0.4, -0.2) is 22.8 Å². The monoisotopic (exact) mass is 275 g/mol. The molecular formula is C13H13N3O4. The van der Waals surface area contributed by atoms with Crippen molar-refractivity contribution in [2.75, 3.05) is 11.4 Å². The van der Waals surface area contributed by atoms with Crippen LogP contribution in [-0.2, 0) is 11.2 Å². The van der Waals surface area contributed by atoms with E-state index >= 15 is 0 Å². The van der Waals surface area contributed by atoms with Crippen molar-refractivity contribution in [1.82, 2.24) is 10.2 Å². The number of nitrogens with zero attached hydrogens (tertiary/aromatic N) is 2. The Bertz CT molecular complexity index is 691. The van der Waals surface area contributed by atoms with Crippen molar-refractivity contribution in [3.05, 3.63) is 46.3 Å². The summed E-state index contributed by atoms with van der Waals surface area (Å²) in [6, 6.07) is 7.62. The summed E-state index contributed by atoms with van der Waals surface area (Å²) in [5.74, 6) is -0.580. The van der Waals surface area contributed by atoms with Gasteiger partial charge in [-0.3, -0.25) is 4.90 Å². The zero-order valence-corrected chi connectivity index (χ0v) is 10.8. The van der Waals surface area contributed by atoms with E-state index in [0.29, 0.717) is 0 Å². The van der Waals surface area contributed by atoms with E-state index in [1.54, 1.807) is 0 Å². The summed E-state index contributed by atoms with van der Waals surface area (Å²) in [4.78, 5) is 24.4. The molecule has 1 aromatic heterocycles. The molecule has 1 aromatic carbocycles. The summed E-state index contributed by atoms with van der Waals surface area (Å²) >= 11 is 0. The third-order valence-electron chi connectivity index (χ3n) is 3.21. The Morgan fingerprint density at radius 1 is 1.40 bits per heavy atom. The zero-order valence-electron chi connectivity index (χ0n) is 10.8. The van der Waals surface area contributed by atoms with Gasteiger partial charge in [-0.15, -0.1) is 5.10 Å². The Morgan fingerprint density at radius 2 is 2.20 bits per heavy atom. The summed E-state index contributed by atoms with van der Waals surface area (Å²) in [7, 11) is 0. The summed E-state index contributed by atoms with van der Waals surface area (Å²) in [6.07, 6.45) is -0.338. The van der Waals surface area contributed by atoms with Crippen molar-refractivity contribution >= 4 is 11.8 Å². The van der Waals surface area contributed by atoms with Crippen molar-refractivity contribution < 1.29 is 13.9 Å². The van der Waals surface area contributed by atoms with E-state index in [2.05, 4.69) is 10.2 Å². The lowest BCUT2D eigenvalue weighted by molar-refractivity contribution is 0.125. The number of benzene rings is 1. The maximum Gasteiger partial charge on any atom is 0.434 e. The molecule has 1 unspecified atom stereocenters. The average molecular weight is 275 g/mol. The molecule has 104 valence electrons. The summed E-state index contributed by atoms with van der Waals surface area (Å²) in [5.41, 5.74) is 1.86. The van der Waals surface area contributed by atoms with Gasteiger partial charge in [-0.25, -0.2) is 14.7 Å². The second kappa shape index (κ2) is 4.84. The van der Waals surface area contributed by atoms with E-state index in [1.165, 1.54) is 4.90 Å². The smallest absolute Gasteiger partial charge is 0.434 e. The van der Waals surface area contributed by atoms with Crippen LogP contribution in [0.3, 0.4) is 0 Å². The van der Waals surface area contributed by atoms with Crippen LogP contribution in [0.15, 0.2) is 33.5 Å². The minimum absolute atomic E-state index is 0.0832. The van der Waals surface area contributed by atoms with Crippen LogP contribution in [0.25, 0.3) is 0 Å². The first-order valence-electron chi connectivity index (χ1n) is 6.30. The fourth-order valence-electron chi connectivity index (χ4n) is 2.24. The van der Waals surface area contributed by atoms with Crippen LogP contribution in [0.1, 0.15) is 24.5 Å². The highest BCUT2D eigenvalue weighted by Gasteiger charge is 2.37. The Labute approximate surface area is 114 Å².